The van der Waals surface area contributed by atoms with Crippen molar-refractivity contribution in [3.63, 3.8) is 0 Å². The molecule has 2 heterocycles. The third-order valence-electron chi connectivity index (χ3n) is 4.60. The number of ether oxygens (including phenoxy) is 1. The maximum atomic E-state index is 12.7. The van der Waals surface area contributed by atoms with Gasteiger partial charge in [-0.2, -0.15) is 9.50 Å². The highest BCUT2D eigenvalue weighted by atomic mass is 32.1. The van der Waals surface area contributed by atoms with Crippen molar-refractivity contribution in [3.8, 4) is 17.1 Å². The monoisotopic (exact) mass is 391 g/mol. The van der Waals surface area contributed by atoms with Crippen LogP contribution in [0, 0.1) is 0 Å². The fraction of sp³-hybridized carbons (Fsp3) is 0.227. The average molecular weight is 391 g/mol. The topological polar surface area (TPSA) is 56.5 Å². The fourth-order valence-corrected chi connectivity index (χ4v) is 3.83. The summed E-state index contributed by atoms with van der Waals surface area (Å²) in [4.78, 5) is 17.8. The molecule has 142 valence electrons. The van der Waals surface area contributed by atoms with Gasteiger partial charge in [-0.25, -0.2) is 0 Å². The molecular formula is C22H21N3O2S. The van der Waals surface area contributed by atoms with E-state index in [2.05, 4.69) is 43.0 Å². The van der Waals surface area contributed by atoms with Gasteiger partial charge in [-0.15, -0.1) is 5.10 Å². The van der Waals surface area contributed by atoms with E-state index in [1.165, 1.54) is 21.4 Å². The van der Waals surface area contributed by atoms with Crippen LogP contribution < -0.4 is 14.8 Å². The van der Waals surface area contributed by atoms with Crippen molar-refractivity contribution >= 4 is 22.4 Å². The molecule has 5 nitrogen and oxygen atoms in total. The van der Waals surface area contributed by atoms with Crippen LogP contribution in [0.3, 0.4) is 0 Å². The van der Waals surface area contributed by atoms with Gasteiger partial charge in [-0.3, -0.25) is 4.79 Å². The fourth-order valence-electron chi connectivity index (χ4n) is 2.93. The molecule has 0 atom stereocenters. The van der Waals surface area contributed by atoms with E-state index in [9.17, 15) is 4.79 Å². The van der Waals surface area contributed by atoms with Gasteiger partial charge in [-0.1, -0.05) is 56.4 Å². The van der Waals surface area contributed by atoms with E-state index in [1.54, 1.807) is 7.11 Å². The average Bonchev–Trinajstić information content (AvgIpc) is 3.21. The summed E-state index contributed by atoms with van der Waals surface area (Å²) >= 11 is 1.35. The second kappa shape index (κ2) is 6.87. The molecule has 2 aromatic heterocycles. The van der Waals surface area contributed by atoms with E-state index in [-0.39, 0.29) is 11.0 Å². The molecule has 0 amide bonds. The minimum atomic E-state index is -0.146. The zero-order chi connectivity index (χ0) is 19.9. The number of aromatic nitrogens is 3. The molecule has 28 heavy (non-hydrogen) atoms. The molecule has 0 unspecified atom stereocenters. The zero-order valence-corrected chi connectivity index (χ0v) is 17.1. The summed E-state index contributed by atoms with van der Waals surface area (Å²) in [7, 11) is 1.62. The second-order valence-corrected chi connectivity index (χ2v) is 8.66. The number of thiazole rings is 1. The highest BCUT2D eigenvalue weighted by Crippen LogP contribution is 2.22. The van der Waals surface area contributed by atoms with Crippen molar-refractivity contribution in [3.05, 3.63) is 74.5 Å². The van der Waals surface area contributed by atoms with Crippen molar-refractivity contribution in [2.45, 2.75) is 26.2 Å². The standard InChI is InChI=1S/C22H21N3O2S/c1-22(2,3)16-9-5-14(6-10-16)13-18-20(26)25-21(28-18)23-19(24-25)15-7-11-17(27-4)12-8-15/h5-13H,1-4H3. The molecular weight excluding hydrogens is 370 g/mol. The highest BCUT2D eigenvalue weighted by molar-refractivity contribution is 7.15. The van der Waals surface area contributed by atoms with Crippen LogP contribution in [0.1, 0.15) is 31.9 Å². The normalized spacial score (nSPS) is 12.6. The SMILES string of the molecule is COc1ccc(-c2nc3sc(=Cc4ccc(C(C)(C)C)cc4)c(=O)n3n2)cc1. The van der Waals surface area contributed by atoms with Crippen LogP contribution in [0.2, 0.25) is 0 Å². The molecule has 0 aliphatic heterocycles. The quantitative estimate of drug-likeness (QED) is 0.535. The first-order valence-electron chi connectivity index (χ1n) is 9.01. The number of nitrogens with zero attached hydrogens (tertiary/aromatic N) is 3. The van der Waals surface area contributed by atoms with Crippen LogP contribution in [0.25, 0.3) is 22.4 Å². The molecule has 0 radical (unpaired) electrons. The van der Waals surface area contributed by atoms with Crippen molar-refractivity contribution in [1.82, 2.24) is 14.6 Å². The number of hydrogen-bond acceptors (Lipinski definition) is 5. The van der Waals surface area contributed by atoms with Gasteiger partial charge < -0.3 is 4.74 Å². The smallest absolute Gasteiger partial charge is 0.291 e. The summed E-state index contributed by atoms with van der Waals surface area (Å²) in [5.74, 6) is 1.30. The summed E-state index contributed by atoms with van der Waals surface area (Å²) in [6, 6.07) is 15.8. The van der Waals surface area contributed by atoms with Crippen LogP contribution in [0.15, 0.2) is 53.3 Å². The van der Waals surface area contributed by atoms with Gasteiger partial charge in [0.25, 0.3) is 5.56 Å². The largest absolute Gasteiger partial charge is 0.497 e. The molecule has 0 fully saturated rings. The summed E-state index contributed by atoms with van der Waals surface area (Å²) in [6.45, 7) is 6.55. The molecule has 6 heteroatoms. The van der Waals surface area contributed by atoms with Gasteiger partial charge in [0.1, 0.15) is 5.75 Å². The number of rotatable bonds is 3. The number of methoxy groups -OCH3 is 1. The Morgan fingerprint density at radius 3 is 2.29 bits per heavy atom. The Balaban J connectivity index is 1.69. The number of fused-ring (bicyclic) bond motifs is 1. The molecule has 0 spiro atoms. The highest BCUT2D eigenvalue weighted by Gasteiger charge is 2.14. The Hall–Kier alpha value is -2.99. The molecule has 0 N–H and O–H groups in total. The predicted octanol–water partition coefficient (Wildman–Crippen LogP) is 3.67. The lowest BCUT2D eigenvalue weighted by Crippen LogP contribution is -2.23. The van der Waals surface area contributed by atoms with Crippen molar-refractivity contribution in [1.29, 1.82) is 0 Å². The molecule has 0 aliphatic rings. The first kappa shape index (κ1) is 18.4. The van der Waals surface area contributed by atoms with E-state index < -0.39 is 0 Å². The summed E-state index contributed by atoms with van der Waals surface area (Å²) in [5, 5.41) is 4.39. The Kier molecular flexibility index (Phi) is 4.51. The summed E-state index contributed by atoms with van der Waals surface area (Å²) in [5.41, 5.74) is 3.06. The number of hydrogen-bond donors (Lipinski definition) is 0. The molecule has 0 saturated heterocycles. The van der Waals surface area contributed by atoms with Gasteiger partial charge in [0.15, 0.2) is 5.82 Å². The lowest BCUT2D eigenvalue weighted by Gasteiger charge is -2.18. The number of benzene rings is 2. The van der Waals surface area contributed by atoms with Crippen molar-refractivity contribution in [2.24, 2.45) is 0 Å². The Labute approximate surface area is 166 Å². The van der Waals surface area contributed by atoms with E-state index in [1.807, 2.05) is 42.5 Å². The Morgan fingerprint density at radius 2 is 1.71 bits per heavy atom. The Morgan fingerprint density at radius 1 is 1.04 bits per heavy atom. The van der Waals surface area contributed by atoms with Crippen LogP contribution in [-0.2, 0) is 5.41 Å². The molecule has 0 bridgehead atoms. The molecule has 2 aromatic carbocycles. The third kappa shape index (κ3) is 3.43. The predicted molar refractivity (Wildman–Crippen MR) is 113 cm³/mol. The van der Waals surface area contributed by atoms with Crippen LogP contribution in [0.5, 0.6) is 5.75 Å². The van der Waals surface area contributed by atoms with Crippen LogP contribution in [-0.4, -0.2) is 21.7 Å². The van der Waals surface area contributed by atoms with Crippen LogP contribution >= 0.6 is 11.3 Å². The lowest BCUT2D eigenvalue weighted by atomic mass is 9.87. The van der Waals surface area contributed by atoms with E-state index in [4.69, 9.17) is 4.74 Å². The molecule has 4 rings (SSSR count). The molecule has 4 aromatic rings. The minimum Gasteiger partial charge on any atom is -0.497 e. The van der Waals surface area contributed by atoms with Crippen molar-refractivity contribution < 1.29 is 4.74 Å². The van der Waals surface area contributed by atoms with Crippen LogP contribution in [0.4, 0.5) is 0 Å². The van der Waals surface area contributed by atoms with E-state index in [0.29, 0.717) is 15.3 Å². The van der Waals surface area contributed by atoms with E-state index >= 15 is 0 Å². The van der Waals surface area contributed by atoms with Gasteiger partial charge >= 0.3 is 0 Å². The summed E-state index contributed by atoms with van der Waals surface area (Å²) < 4.78 is 7.17. The summed E-state index contributed by atoms with van der Waals surface area (Å²) in [6.07, 6.45) is 1.89. The maximum Gasteiger partial charge on any atom is 0.291 e. The van der Waals surface area contributed by atoms with E-state index in [0.717, 1.165) is 16.9 Å². The van der Waals surface area contributed by atoms with Crippen molar-refractivity contribution in [2.75, 3.05) is 7.11 Å². The second-order valence-electron chi connectivity index (χ2n) is 7.65. The van der Waals surface area contributed by atoms with Gasteiger partial charge in [-0.05, 0) is 46.9 Å². The minimum absolute atomic E-state index is 0.105. The van der Waals surface area contributed by atoms with Gasteiger partial charge in [0.2, 0.25) is 4.96 Å². The van der Waals surface area contributed by atoms with Gasteiger partial charge in [0, 0.05) is 5.56 Å². The lowest BCUT2D eigenvalue weighted by molar-refractivity contribution is 0.415. The first-order valence-corrected chi connectivity index (χ1v) is 9.83. The zero-order valence-electron chi connectivity index (χ0n) is 16.3. The third-order valence-corrected chi connectivity index (χ3v) is 5.56. The molecule has 0 aliphatic carbocycles. The molecule has 0 saturated carbocycles. The van der Waals surface area contributed by atoms with Gasteiger partial charge in [0.05, 0.1) is 11.6 Å². The Bertz CT molecular complexity index is 1230. The maximum absolute atomic E-state index is 12.7. The first-order chi connectivity index (χ1) is 13.3.